The molecule has 0 spiro atoms. The third kappa shape index (κ3) is 7.37. The smallest absolute Gasteiger partial charge is 0.244 e. The summed E-state index contributed by atoms with van der Waals surface area (Å²) in [6, 6.07) is 8.34. The van der Waals surface area contributed by atoms with Crippen LogP contribution in [0.1, 0.15) is 17.7 Å². The summed E-state index contributed by atoms with van der Waals surface area (Å²) in [5, 5.41) is 5.26. The van der Waals surface area contributed by atoms with Crippen molar-refractivity contribution in [2.45, 2.75) is 13.3 Å². The van der Waals surface area contributed by atoms with E-state index in [-0.39, 0.29) is 24.8 Å². The Hall–Kier alpha value is -3.07. The first-order valence-corrected chi connectivity index (χ1v) is 10.00. The second-order valence-electron chi connectivity index (χ2n) is 5.84. The number of nitrogens with one attached hydrogen (secondary N) is 3. The molecule has 0 aliphatic heterocycles. The van der Waals surface area contributed by atoms with E-state index in [4.69, 9.17) is 4.42 Å². The van der Waals surface area contributed by atoms with Crippen LogP contribution in [-0.4, -0.2) is 33.0 Å². The van der Waals surface area contributed by atoms with Crippen molar-refractivity contribution in [1.82, 2.24) is 5.32 Å². The molecule has 1 aromatic carbocycles. The average molecular weight is 391 g/mol. The minimum Gasteiger partial charge on any atom is -0.465 e. The van der Waals surface area contributed by atoms with Crippen LogP contribution < -0.4 is 15.4 Å². The number of anilines is 2. The number of hydrogen-bond acceptors (Lipinski definition) is 5. The van der Waals surface area contributed by atoms with E-state index in [1.807, 2.05) is 0 Å². The highest BCUT2D eigenvalue weighted by Crippen LogP contribution is 2.21. The van der Waals surface area contributed by atoms with Crippen molar-refractivity contribution in [3.05, 3.63) is 54.0 Å². The average Bonchev–Trinajstić information content (AvgIpc) is 3.08. The highest BCUT2D eigenvalue weighted by atomic mass is 32.2. The molecule has 2 aromatic rings. The Bertz CT molecular complexity index is 934. The lowest BCUT2D eigenvalue weighted by Gasteiger charge is -2.11. The molecule has 0 aliphatic rings. The summed E-state index contributed by atoms with van der Waals surface area (Å²) in [5.41, 5.74) is 1.58. The van der Waals surface area contributed by atoms with Gasteiger partial charge in [-0.1, -0.05) is 6.07 Å². The van der Waals surface area contributed by atoms with Crippen LogP contribution in [0.3, 0.4) is 0 Å². The van der Waals surface area contributed by atoms with E-state index in [2.05, 4.69) is 15.4 Å². The van der Waals surface area contributed by atoms with Gasteiger partial charge < -0.3 is 15.1 Å². The maximum Gasteiger partial charge on any atom is 0.244 e. The summed E-state index contributed by atoms with van der Waals surface area (Å²) in [7, 11) is -3.41. The van der Waals surface area contributed by atoms with Gasteiger partial charge >= 0.3 is 0 Å². The van der Waals surface area contributed by atoms with Crippen LogP contribution in [0.15, 0.2) is 47.1 Å². The van der Waals surface area contributed by atoms with Gasteiger partial charge in [-0.05, 0) is 42.8 Å². The first-order chi connectivity index (χ1) is 12.7. The summed E-state index contributed by atoms with van der Waals surface area (Å²) >= 11 is 0. The fourth-order valence-corrected chi connectivity index (χ4v) is 2.75. The molecule has 0 unspecified atom stereocenters. The Kier molecular flexibility index (Phi) is 6.78. The number of aryl methyl sites for hydroxylation is 1. The van der Waals surface area contributed by atoms with Crippen LogP contribution in [0.5, 0.6) is 0 Å². The van der Waals surface area contributed by atoms with Gasteiger partial charge in [0.05, 0.1) is 18.2 Å². The molecule has 2 rings (SSSR count). The number of furan rings is 1. The van der Waals surface area contributed by atoms with Gasteiger partial charge in [-0.15, -0.1) is 0 Å². The number of amides is 2. The van der Waals surface area contributed by atoms with Crippen LogP contribution >= 0.6 is 0 Å². The van der Waals surface area contributed by atoms with Gasteiger partial charge in [0.2, 0.25) is 21.8 Å². The van der Waals surface area contributed by atoms with Crippen molar-refractivity contribution in [2.75, 3.05) is 22.8 Å². The molecule has 2 amide bonds. The standard InChI is InChI=1S/C18H21N3O5S/c1-13-5-6-14(12-16(13)21-27(2,24)25)20-18(23)9-10-19-17(22)8-7-15-4-3-11-26-15/h3-8,11-12,21H,9-10H2,1-2H3,(H,19,22)(H,20,23)/b8-7+. The zero-order valence-corrected chi connectivity index (χ0v) is 15.8. The number of benzene rings is 1. The third-order valence-electron chi connectivity index (χ3n) is 3.41. The fourth-order valence-electron chi connectivity index (χ4n) is 2.14. The molecule has 0 fully saturated rings. The zero-order valence-electron chi connectivity index (χ0n) is 15.0. The largest absolute Gasteiger partial charge is 0.465 e. The predicted octanol–water partition coefficient (Wildman–Crippen LogP) is 2.12. The number of carbonyl (C=O) groups excluding carboxylic acids is 2. The Morgan fingerprint density at radius 2 is 2.00 bits per heavy atom. The van der Waals surface area contributed by atoms with Crippen molar-refractivity contribution in [3.63, 3.8) is 0 Å². The summed E-state index contributed by atoms with van der Waals surface area (Å²) in [6.45, 7) is 1.92. The lowest BCUT2D eigenvalue weighted by molar-refractivity contribution is -0.117. The fraction of sp³-hybridized carbons (Fsp3) is 0.222. The number of rotatable bonds is 8. The third-order valence-corrected chi connectivity index (χ3v) is 4.00. The minimum atomic E-state index is -3.41. The van der Waals surface area contributed by atoms with Gasteiger partial charge in [-0.3, -0.25) is 14.3 Å². The number of carbonyl (C=O) groups is 2. The van der Waals surface area contributed by atoms with Crippen LogP contribution in [0, 0.1) is 6.92 Å². The van der Waals surface area contributed by atoms with Crippen LogP contribution in [0.4, 0.5) is 11.4 Å². The Balaban J connectivity index is 1.81. The highest BCUT2D eigenvalue weighted by molar-refractivity contribution is 7.92. The van der Waals surface area contributed by atoms with Crippen LogP contribution in [-0.2, 0) is 19.6 Å². The molecule has 3 N–H and O–H groups in total. The van der Waals surface area contributed by atoms with Crippen molar-refractivity contribution in [2.24, 2.45) is 0 Å². The Morgan fingerprint density at radius 1 is 1.22 bits per heavy atom. The first-order valence-electron chi connectivity index (χ1n) is 8.10. The molecule has 8 nitrogen and oxygen atoms in total. The monoisotopic (exact) mass is 391 g/mol. The molecule has 0 radical (unpaired) electrons. The molecule has 144 valence electrons. The summed E-state index contributed by atoms with van der Waals surface area (Å²) in [6.07, 6.45) is 5.48. The van der Waals surface area contributed by atoms with Gasteiger partial charge in [0.15, 0.2) is 0 Å². The molecule has 0 atom stereocenters. The normalized spacial score (nSPS) is 11.3. The lowest BCUT2D eigenvalue weighted by Crippen LogP contribution is -2.26. The molecule has 1 aromatic heterocycles. The van der Waals surface area contributed by atoms with E-state index in [1.54, 1.807) is 37.3 Å². The Labute approximate surface area is 157 Å². The van der Waals surface area contributed by atoms with E-state index in [0.717, 1.165) is 11.8 Å². The molecule has 9 heteroatoms. The van der Waals surface area contributed by atoms with E-state index in [1.165, 1.54) is 18.4 Å². The van der Waals surface area contributed by atoms with E-state index in [0.29, 0.717) is 17.1 Å². The van der Waals surface area contributed by atoms with Crippen molar-refractivity contribution >= 4 is 39.3 Å². The van der Waals surface area contributed by atoms with E-state index in [9.17, 15) is 18.0 Å². The van der Waals surface area contributed by atoms with Gasteiger partial charge in [0.25, 0.3) is 0 Å². The molecular weight excluding hydrogens is 370 g/mol. The lowest BCUT2D eigenvalue weighted by atomic mass is 10.2. The van der Waals surface area contributed by atoms with Gasteiger partial charge in [-0.2, -0.15) is 0 Å². The molecule has 0 aliphatic carbocycles. The van der Waals surface area contributed by atoms with Crippen molar-refractivity contribution in [3.8, 4) is 0 Å². The SMILES string of the molecule is Cc1ccc(NC(=O)CCNC(=O)/C=C/c2ccco2)cc1NS(C)(=O)=O. The molecule has 0 saturated heterocycles. The second kappa shape index (κ2) is 9.04. The number of hydrogen-bond donors (Lipinski definition) is 3. The molecule has 0 bridgehead atoms. The van der Waals surface area contributed by atoms with Gasteiger partial charge in [0.1, 0.15) is 5.76 Å². The Morgan fingerprint density at radius 3 is 2.67 bits per heavy atom. The number of sulfonamides is 1. The topological polar surface area (TPSA) is 118 Å². The highest BCUT2D eigenvalue weighted by Gasteiger charge is 2.08. The summed E-state index contributed by atoms with van der Waals surface area (Å²) in [5.74, 6) is -0.0885. The molecular formula is C18H21N3O5S. The minimum absolute atomic E-state index is 0.0725. The zero-order chi connectivity index (χ0) is 19.9. The van der Waals surface area contributed by atoms with Crippen LogP contribution in [0.25, 0.3) is 6.08 Å². The van der Waals surface area contributed by atoms with E-state index < -0.39 is 10.0 Å². The van der Waals surface area contributed by atoms with E-state index >= 15 is 0 Å². The summed E-state index contributed by atoms with van der Waals surface area (Å²) in [4.78, 5) is 23.6. The second-order valence-corrected chi connectivity index (χ2v) is 7.59. The quantitative estimate of drug-likeness (QED) is 0.596. The maximum atomic E-state index is 12.0. The molecule has 27 heavy (non-hydrogen) atoms. The van der Waals surface area contributed by atoms with Gasteiger partial charge in [0, 0.05) is 24.7 Å². The maximum absolute atomic E-state index is 12.0. The summed E-state index contributed by atoms with van der Waals surface area (Å²) < 4.78 is 30.2. The first kappa shape index (κ1) is 20.2. The molecule has 1 heterocycles. The van der Waals surface area contributed by atoms with Crippen LogP contribution in [0.2, 0.25) is 0 Å². The predicted molar refractivity (Wildman–Crippen MR) is 104 cm³/mol. The van der Waals surface area contributed by atoms with Crippen molar-refractivity contribution < 1.29 is 22.4 Å². The van der Waals surface area contributed by atoms with Gasteiger partial charge in [-0.25, -0.2) is 8.42 Å². The van der Waals surface area contributed by atoms with Crippen molar-refractivity contribution in [1.29, 1.82) is 0 Å². The molecule has 0 saturated carbocycles.